The highest BCUT2D eigenvalue weighted by atomic mass is 35.5. The number of rotatable bonds is 5. The van der Waals surface area contributed by atoms with Crippen LogP contribution < -0.4 is 5.32 Å². The molecule has 0 atom stereocenters. The SMILES string of the molecule is O=C(Nc1cnn(Cc2ccc(Cl)c(Cl)c2)c1)c1cc2nc(-c3ccc(F)cc3)cc(C(F)(F)F)n2n1. The van der Waals surface area contributed by atoms with Gasteiger partial charge in [-0.25, -0.2) is 13.9 Å². The standard InChI is InChI=1S/C24H14Cl2F4N6O/c25-17-6-1-13(7-18(17)26)11-35-12-16(10-31-35)32-23(37)20-9-22-33-19(14-2-4-15(27)5-3-14)8-21(24(28,29)30)36(22)34-20/h1-10,12H,11H2,(H,32,37). The minimum atomic E-state index is -4.79. The molecule has 37 heavy (non-hydrogen) atoms. The van der Waals surface area contributed by atoms with Crippen molar-refractivity contribution in [2.75, 3.05) is 5.32 Å². The number of hydrogen-bond acceptors (Lipinski definition) is 4. The largest absolute Gasteiger partial charge is 0.433 e. The van der Waals surface area contributed by atoms with Gasteiger partial charge in [0.15, 0.2) is 17.0 Å². The fourth-order valence-corrected chi connectivity index (χ4v) is 3.91. The highest BCUT2D eigenvalue weighted by molar-refractivity contribution is 6.42. The fraction of sp³-hybridized carbons (Fsp3) is 0.0833. The molecule has 0 aliphatic rings. The van der Waals surface area contributed by atoms with Gasteiger partial charge in [-0.3, -0.25) is 9.48 Å². The van der Waals surface area contributed by atoms with E-state index in [1.165, 1.54) is 23.0 Å². The Labute approximate surface area is 216 Å². The molecular formula is C24H14Cl2F4N6O. The predicted octanol–water partition coefficient (Wildman–Crippen LogP) is 6.36. The number of carbonyl (C=O) groups is 1. The zero-order chi connectivity index (χ0) is 26.3. The van der Waals surface area contributed by atoms with Crippen LogP contribution in [0.5, 0.6) is 0 Å². The molecule has 0 aliphatic carbocycles. The number of nitrogens with one attached hydrogen (secondary N) is 1. The number of nitrogens with zero attached hydrogens (tertiary/aromatic N) is 5. The summed E-state index contributed by atoms with van der Waals surface area (Å²) >= 11 is 12.0. The van der Waals surface area contributed by atoms with Crippen LogP contribution in [0.25, 0.3) is 16.9 Å². The number of aromatic nitrogens is 5. The van der Waals surface area contributed by atoms with Crippen LogP contribution in [-0.2, 0) is 12.7 Å². The molecular weight excluding hydrogens is 535 g/mol. The van der Waals surface area contributed by atoms with Crippen LogP contribution in [-0.4, -0.2) is 30.3 Å². The third-order valence-electron chi connectivity index (χ3n) is 5.31. The number of fused-ring (bicyclic) bond motifs is 1. The summed E-state index contributed by atoms with van der Waals surface area (Å²) in [7, 11) is 0. The van der Waals surface area contributed by atoms with E-state index in [-0.39, 0.29) is 22.6 Å². The molecule has 0 aliphatic heterocycles. The Balaban J connectivity index is 1.41. The maximum atomic E-state index is 13.8. The van der Waals surface area contributed by atoms with Crippen molar-refractivity contribution < 1.29 is 22.4 Å². The molecule has 2 aromatic carbocycles. The van der Waals surface area contributed by atoms with Gasteiger partial charge >= 0.3 is 6.18 Å². The summed E-state index contributed by atoms with van der Waals surface area (Å²) in [4.78, 5) is 17.0. The Kier molecular flexibility index (Phi) is 6.34. The Bertz CT molecular complexity index is 1630. The molecule has 0 spiro atoms. The first-order valence-electron chi connectivity index (χ1n) is 10.6. The van der Waals surface area contributed by atoms with Gasteiger partial charge in [-0.1, -0.05) is 29.3 Å². The fourth-order valence-electron chi connectivity index (χ4n) is 3.59. The molecule has 0 fully saturated rings. The number of anilines is 1. The maximum absolute atomic E-state index is 13.8. The van der Waals surface area contributed by atoms with E-state index in [9.17, 15) is 22.4 Å². The van der Waals surface area contributed by atoms with Gasteiger partial charge in [-0.15, -0.1) is 0 Å². The number of carbonyl (C=O) groups excluding carboxylic acids is 1. The summed E-state index contributed by atoms with van der Waals surface area (Å²) in [5.74, 6) is -1.29. The van der Waals surface area contributed by atoms with Gasteiger partial charge in [0.25, 0.3) is 5.91 Å². The number of benzene rings is 2. The molecule has 0 bridgehead atoms. The number of amides is 1. The molecule has 1 amide bonds. The molecule has 5 aromatic rings. The van der Waals surface area contributed by atoms with Crippen molar-refractivity contribution in [3.05, 3.63) is 99.8 Å². The van der Waals surface area contributed by atoms with E-state index in [1.54, 1.807) is 24.4 Å². The lowest BCUT2D eigenvalue weighted by atomic mass is 10.1. The van der Waals surface area contributed by atoms with Gasteiger partial charge < -0.3 is 5.32 Å². The first-order chi connectivity index (χ1) is 17.6. The van der Waals surface area contributed by atoms with Crippen molar-refractivity contribution in [1.82, 2.24) is 24.4 Å². The first-order valence-corrected chi connectivity index (χ1v) is 11.3. The Morgan fingerprint density at radius 3 is 2.46 bits per heavy atom. The van der Waals surface area contributed by atoms with Crippen LogP contribution in [0, 0.1) is 5.82 Å². The van der Waals surface area contributed by atoms with Crippen LogP contribution in [0.4, 0.5) is 23.2 Å². The number of alkyl halides is 3. The Morgan fingerprint density at radius 2 is 1.76 bits per heavy atom. The molecule has 5 rings (SSSR count). The summed E-state index contributed by atoms with van der Waals surface area (Å²) in [6, 6.07) is 11.9. The molecule has 13 heteroatoms. The van der Waals surface area contributed by atoms with E-state index < -0.39 is 23.6 Å². The van der Waals surface area contributed by atoms with E-state index in [0.29, 0.717) is 26.8 Å². The summed E-state index contributed by atoms with van der Waals surface area (Å²) < 4.78 is 56.7. The van der Waals surface area contributed by atoms with Crippen LogP contribution in [0.3, 0.4) is 0 Å². The molecule has 1 N–H and O–H groups in total. The molecule has 3 aromatic heterocycles. The second-order valence-corrected chi connectivity index (χ2v) is 8.77. The van der Waals surface area contributed by atoms with Crippen molar-refractivity contribution in [1.29, 1.82) is 0 Å². The van der Waals surface area contributed by atoms with Gasteiger partial charge in [-0.05, 0) is 48.0 Å². The van der Waals surface area contributed by atoms with E-state index >= 15 is 0 Å². The third kappa shape index (κ3) is 5.27. The highest BCUT2D eigenvalue weighted by Gasteiger charge is 2.35. The molecule has 0 radical (unpaired) electrons. The average Bonchev–Trinajstić information content (AvgIpc) is 3.47. The van der Waals surface area contributed by atoms with Crippen molar-refractivity contribution >= 4 is 40.4 Å². The van der Waals surface area contributed by atoms with Gasteiger partial charge in [0, 0.05) is 17.8 Å². The minimum Gasteiger partial charge on any atom is -0.318 e. The normalized spacial score (nSPS) is 11.7. The van der Waals surface area contributed by atoms with E-state index in [4.69, 9.17) is 23.2 Å². The van der Waals surface area contributed by atoms with Crippen LogP contribution >= 0.6 is 23.2 Å². The highest BCUT2D eigenvalue weighted by Crippen LogP contribution is 2.32. The van der Waals surface area contributed by atoms with Gasteiger partial charge in [0.1, 0.15) is 5.82 Å². The van der Waals surface area contributed by atoms with E-state index in [2.05, 4.69) is 20.5 Å². The predicted molar refractivity (Wildman–Crippen MR) is 129 cm³/mol. The van der Waals surface area contributed by atoms with Gasteiger partial charge in [0.05, 0.1) is 34.2 Å². The monoisotopic (exact) mass is 548 g/mol. The molecule has 7 nitrogen and oxygen atoms in total. The van der Waals surface area contributed by atoms with Crippen LogP contribution in [0.15, 0.2) is 67.0 Å². The maximum Gasteiger partial charge on any atom is 0.433 e. The average molecular weight is 549 g/mol. The topological polar surface area (TPSA) is 77.1 Å². The smallest absolute Gasteiger partial charge is 0.318 e. The molecule has 0 unspecified atom stereocenters. The van der Waals surface area contributed by atoms with Gasteiger partial charge in [-0.2, -0.15) is 23.4 Å². The summed E-state index contributed by atoms with van der Waals surface area (Å²) in [6.45, 7) is 0.339. The summed E-state index contributed by atoms with van der Waals surface area (Å²) in [5.41, 5.74) is -0.269. The van der Waals surface area contributed by atoms with Crippen LogP contribution in [0.1, 0.15) is 21.7 Å². The molecule has 0 saturated heterocycles. The molecule has 0 saturated carbocycles. The second-order valence-electron chi connectivity index (χ2n) is 7.96. The quantitative estimate of drug-likeness (QED) is 0.259. The summed E-state index contributed by atoms with van der Waals surface area (Å²) in [5, 5.41) is 11.4. The lowest BCUT2D eigenvalue weighted by Crippen LogP contribution is -2.15. The lowest BCUT2D eigenvalue weighted by Gasteiger charge is -2.11. The minimum absolute atomic E-state index is 0.0461. The second kappa shape index (κ2) is 9.49. The zero-order valence-corrected chi connectivity index (χ0v) is 20.0. The Hall–Kier alpha value is -3.96. The molecule has 188 valence electrons. The number of hydrogen-bond donors (Lipinski definition) is 1. The van der Waals surface area contributed by atoms with E-state index in [1.807, 2.05) is 0 Å². The first kappa shape index (κ1) is 24.7. The summed E-state index contributed by atoms with van der Waals surface area (Å²) in [6.07, 6.45) is -1.86. The molecule has 3 heterocycles. The number of halogens is 6. The Morgan fingerprint density at radius 1 is 1.00 bits per heavy atom. The van der Waals surface area contributed by atoms with Crippen LogP contribution in [0.2, 0.25) is 10.0 Å². The zero-order valence-electron chi connectivity index (χ0n) is 18.5. The van der Waals surface area contributed by atoms with E-state index in [0.717, 1.165) is 29.8 Å². The van der Waals surface area contributed by atoms with Crippen molar-refractivity contribution in [2.24, 2.45) is 0 Å². The van der Waals surface area contributed by atoms with Crippen molar-refractivity contribution in [2.45, 2.75) is 12.7 Å². The van der Waals surface area contributed by atoms with Crippen molar-refractivity contribution in [3.63, 3.8) is 0 Å². The lowest BCUT2D eigenvalue weighted by molar-refractivity contribution is -0.142. The van der Waals surface area contributed by atoms with Gasteiger partial charge in [0.2, 0.25) is 0 Å². The third-order valence-corrected chi connectivity index (χ3v) is 6.05. The van der Waals surface area contributed by atoms with Crippen molar-refractivity contribution in [3.8, 4) is 11.3 Å².